The fraction of sp³-hybridized carbons (Fsp3) is 0.583. The Morgan fingerprint density at radius 2 is 2.35 bits per heavy atom. The fourth-order valence-electron chi connectivity index (χ4n) is 1.96. The Balaban J connectivity index is 2.00. The van der Waals surface area contributed by atoms with E-state index in [4.69, 9.17) is 23.2 Å². The van der Waals surface area contributed by atoms with Gasteiger partial charge in [0.15, 0.2) is 0 Å². The van der Waals surface area contributed by atoms with Crippen molar-refractivity contribution in [3.8, 4) is 0 Å². The van der Waals surface area contributed by atoms with Crippen molar-refractivity contribution in [1.82, 2.24) is 9.88 Å². The maximum Gasteiger partial charge on any atom is 0.130 e. The predicted octanol–water partition coefficient (Wildman–Crippen LogP) is 3.72. The Bertz CT molecular complexity index is 387. The molecule has 1 aliphatic rings. The normalized spacial score (nSPS) is 21.7. The van der Waals surface area contributed by atoms with Crippen LogP contribution in [-0.2, 0) is 6.54 Å². The maximum absolute atomic E-state index is 6.16. The van der Waals surface area contributed by atoms with Crippen molar-refractivity contribution in [1.29, 1.82) is 0 Å². The molecule has 1 saturated heterocycles. The number of thioether (sulfide) groups is 1. The van der Waals surface area contributed by atoms with Gasteiger partial charge in [0.2, 0.25) is 0 Å². The zero-order valence-corrected chi connectivity index (χ0v) is 12.2. The molecule has 1 atom stereocenters. The van der Waals surface area contributed by atoms with Crippen LogP contribution >= 0.6 is 35.0 Å². The van der Waals surface area contributed by atoms with E-state index < -0.39 is 0 Å². The SMILES string of the molecule is CCC1CN(Cc2cnc(Cl)cc2Cl)CCS1. The molecule has 0 saturated carbocycles. The first-order valence-corrected chi connectivity index (χ1v) is 7.63. The molecule has 0 aliphatic carbocycles. The summed E-state index contributed by atoms with van der Waals surface area (Å²) < 4.78 is 0. The molecule has 0 bridgehead atoms. The molecule has 1 aliphatic heterocycles. The predicted molar refractivity (Wildman–Crippen MR) is 76.1 cm³/mol. The van der Waals surface area contributed by atoms with Gasteiger partial charge in [0.1, 0.15) is 5.15 Å². The zero-order chi connectivity index (χ0) is 12.3. The molecule has 0 radical (unpaired) electrons. The van der Waals surface area contributed by atoms with Crippen molar-refractivity contribution < 1.29 is 0 Å². The minimum absolute atomic E-state index is 0.458. The van der Waals surface area contributed by atoms with Crippen molar-refractivity contribution in [2.75, 3.05) is 18.8 Å². The van der Waals surface area contributed by atoms with E-state index in [-0.39, 0.29) is 0 Å². The molecule has 2 heterocycles. The van der Waals surface area contributed by atoms with Gasteiger partial charge in [-0.15, -0.1) is 0 Å². The van der Waals surface area contributed by atoms with E-state index in [1.54, 1.807) is 12.3 Å². The number of hydrogen-bond acceptors (Lipinski definition) is 3. The molecule has 1 fully saturated rings. The molecule has 5 heteroatoms. The minimum Gasteiger partial charge on any atom is -0.297 e. The van der Waals surface area contributed by atoms with Crippen LogP contribution in [0.15, 0.2) is 12.3 Å². The number of hydrogen-bond donors (Lipinski definition) is 0. The number of halogens is 2. The summed E-state index contributed by atoms with van der Waals surface area (Å²) in [5.41, 5.74) is 1.07. The Morgan fingerprint density at radius 3 is 3.06 bits per heavy atom. The van der Waals surface area contributed by atoms with E-state index in [9.17, 15) is 0 Å². The second kappa shape index (κ2) is 6.28. The molecule has 0 amide bonds. The summed E-state index contributed by atoms with van der Waals surface area (Å²) in [6.45, 7) is 5.39. The first-order chi connectivity index (χ1) is 8.19. The second-order valence-corrected chi connectivity index (χ2v) is 6.44. The topological polar surface area (TPSA) is 16.1 Å². The highest BCUT2D eigenvalue weighted by molar-refractivity contribution is 8.00. The van der Waals surface area contributed by atoms with Crippen LogP contribution in [0.25, 0.3) is 0 Å². The van der Waals surface area contributed by atoms with Gasteiger partial charge in [-0.2, -0.15) is 11.8 Å². The minimum atomic E-state index is 0.458. The molecule has 0 spiro atoms. The van der Waals surface area contributed by atoms with E-state index in [2.05, 4.69) is 28.6 Å². The molecule has 2 nitrogen and oxygen atoms in total. The highest BCUT2D eigenvalue weighted by atomic mass is 35.5. The molecule has 2 rings (SSSR count). The molecular formula is C12H16Cl2N2S. The average molecular weight is 291 g/mol. The standard InChI is InChI=1S/C12H16Cl2N2S/c1-2-10-8-16(3-4-17-10)7-9-6-15-12(14)5-11(9)13/h5-6,10H,2-4,7-8H2,1H3. The molecule has 94 valence electrons. The van der Waals surface area contributed by atoms with Crippen molar-refractivity contribution in [3.63, 3.8) is 0 Å². The van der Waals surface area contributed by atoms with Gasteiger partial charge in [-0.1, -0.05) is 30.1 Å². The lowest BCUT2D eigenvalue weighted by Gasteiger charge is -2.31. The van der Waals surface area contributed by atoms with Gasteiger partial charge >= 0.3 is 0 Å². The zero-order valence-electron chi connectivity index (χ0n) is 9.83. The third-order valence-electron chi connectivity index (χ3n) is 2.97. The third-order valence-corrected chi connectivity index (χ3v) is 4.90. The van der Waals surface area contributed by atoms with Gasteiger partial charge in [-0.05, 0) is 12.5 Å². The van der Waals surface area contributed by atoms with E-state index >= 15 is 0 Å². The van der Waals surface area contributed by atoms with Crippen molar-refractivity contribution in [2.45, 2.75) is 25.1 Å². The van der Waals surface area contributed by atoms with Gasteiger partial charge in [-0.3, -0.25) is 4.90 Å². The summed E-state index contributed by atoms with van der Waals surface area (Å²) in [6, 6.07) is 1.72. The number of rotatable bonds is 3. The average Bonchev–Trinajstić information content (AvgIpc) is 2.33. The van der Waals surface area contributed by atoms with Crippen LogP contribution in [0.2, 0.25) is 10.2 Å². The molecular weight excluding hydrogens is 275 g/mol. The maximum atomic E-state index is 6.16. The van der Waals surface area contributed by atoms with Gasteiger partial charge < -0.3 is 0 Å². The third kappa shape index (κ3) is 3.75. The van der Waals surface area contributed by atoms with Gasteiger partial charge in [0.25, 0.3) is 0 Å². The van der Waals surface area contributed by atoms with Gasteiger partial charge in [-0.25, -0.2) is 4.98 Å². The molecule has 1 aromatic heterocycles. The van der Waals surface area contributed by atoms with Crippen molar-refractivity contribution in [3.05, 3.63) is 28.0 Å². The monoisotopic (exact) mass is 290 g/mol. The molecule has 17 heavy (non-hydrogen) atoms. The van der Waals surface area contributed by atoms with E-state index in [1.165, 1.54) is 12.2 Å². The second-order valence-electron chi connectivity index (χ2n) is 4.23. The quantitative estimate of drug-likeness (QED) is 0.790. The fourth-order valence-corrected chi connectivity index (χ4v) is 3.64. The lowest BCUT2D eigenvalue weighted by Crippen LogP contribution is -2.37. The molecule has 0 N–H and O–H groups in total. The number of pyridine rings is 1. The summed E-state index contributed by atoms with van der Waals surface area (Å²) >= 11 is 14.0. The Labute approximate surface area is 117 Å². The molecule has 1 aromatic rings. The lowest BCUT2D eigenvalue weighted by atomic mass is 10.2. The van der Waals surface area contributed by atoms with Crippen LogP contribution < -0.4 is 0 Å². The van der Waals surface area contributed by atoms with E-state index in [0.29, 0.717) is 5.15 Å². The van der Waals surface area contributed by atoms with Gasteiger partial charge in [0, 0.05) is 47.4 Å². The smallest absolute Gasteiger partial charge is 0.130 e. The van der Waals surface area contributed by atoms with Crippen molar-refractivity contribution in [2.24, 2.45) is 0 Å². The highest BCUT2D eigenvalue weighted by Crippen LogP contribution is 2.25. The number of nitrogens with zero attached hydrogens (tertiary/aromatic N) is 2. The van der Waals surface area contributed by atoms with Crippen LogP contribution in [0.3, 0.4) is 0 Å². The summed E-state index contributed by atoms with van der Waals surface area (Å²) in [6.07, 6.45) is 3.02. The van der Waals surface area contributed by atoms with E-state index in [0.717, 1.165) is 35.5 Å². The van der Waals surface area contributed by atoms with Crippen LogP contribution in [0.1, 0.15) is 18.9 Å². The summed E-state index contributed by atoms with van der Waals surface area (Å²) in [5.74, 6) is 1.21. The first kappa shape index (κ1) is 13.5. The Hall–Kier alpha value is 0.0400. The van der Waals surface area contributed by atoms with Crippen molar-refractivity contribution >= 4 is 35.0 Å². The largest absolute Gasteiger partial charge is 0.297 e. The summed E-state index contributed by atoms with van der Waals surface area (Å²) in [5, 5.41) is 1.93. The summed E-state index contributed by atoms with van der Waals surface area (Å²) in [4.78, 5) is 6.54. The molecule has 1 unspecified atom stereocenters. The highest BCUT2D eigenvalue weighted by Gasteiger charge is 2.19. The lowest BCUT2D eigenvalue weighted by molar-refractivity contribution is 0.273. The summed E-state index contributed by atoms with van der Waals surface area (Å²) in [7, 11) is 0. The van der Waals surface area contributed by atoms with E-state index in [1.807, 2.05) is 0 Å². The van der Waals surface area contributed by atoms with Crippen LogP contribution in [-0.4, -0.2) is 34.0 Å². The Kier molecular flexibility index (Phi) is 4.97. The van der Waals surface area contributed by atoms with Crippen LogP contribution in [0.5, 0.6) is 0 Å². The Morgan fingerprint density at radius 1 is 1.53 bits per heavy atom. The van der Waals surface area contributed by atoms with Gasteiger partial charge in [0.05, 0.1) is 0 Å². The number of aromatic nitrogens is 1. The first-order valence-electron chi connectivity index (χ1n) is 5.83. The molecule has 0 aromatic carbocycles. The van der Waals surface area contributed by atoms with Crippen LogP contribution in [0.4, 0.5) is 0 Å². The van der Waals surface area contributed by atoms with Crippen LogP contribution in [0, 0.1) is 0 Å².